The summed E-state index contributed by atoms with van der Waals surface area (Å²) in [4.78, 5) is 13.7. The minimum Gasteiger partial charge on any atom is -0.378 e. The molecule has 0 spiro atoms. The van der Waals surface area contributed by atoms with Crippen LogP contribution in [0.25, 0.3) is 0 Å². The van der Waals surface area contributed by atoms with E-state index in [1.807, 2.05) is 4.90 Å². The average Bonchev–Trinajstić information content (AvgIpc) is 2.29. The first-order valence-corrected chi connectivity index (χ1v) is 6.36. The van der Waals surface area contributed by atoms with Crippen LogP contribution in [0.2, 0.25) is 0 Å². The van der Waals surface area contributed by atoms with Crippen molar-refractivity contribution in [3.05, 3.63) is 0 Å². The zero-order valence-corrected chi connectivity index (χ0v) is 10.1. The molecule has 1 heterocycles. The molecule has 0 unspecified atom stereocenters. The summed E-state index contributed by atoms with van der Waals surface area (Å²) in [6, 6.07) is 0.0861. The highest BCUT2D eigenvalue weighted by Crippen LogP contribution is 2.43. The number of nitrogens with one attached hydrogen (secondary N) is 1. The summed E-state index contributed by atoms with van der Waals surface area (Å²) in [5.41, 5.74) is 0.405. The standard InChI is InChI=1S/C12H22N2O2/c1-2-12(4-3-5-12)10-13-11(15)14-6-8-16-9-7-14/h2-10H2,1H3,(H,13,15). The Bertz CT molecular complexity index is 240. The van der Waals surface area contributed by atoms with E-state index in [0.29, 0.717) is 18.6 Å². The second-order valence-corrected chi connectivity index (χ2v) is 4.97. The predicted molar refractivity (Wildman–Crippen MR) is 62.4 cm³/mol. The molecular formula is C12H22N2O2. The van der Waals surface area contributed by atoms with Crippen LogP contribution in [0, 0.1) is 5.41 Å². The molecule has 4 nitrogen and oxygen atoms in total. The third-order valence-electron chi connectivity index (χ3n) is 4.08. The van der Waals surface area contributed by atoms with E-state index in [0.717, 1.165) is 19.6 Å². The van der Waals surface area contributed by atoms with Crippen molar-refractivity contribution in [1.82, 2.24) is 10.2 Å². The van der Waals surface area contributed by atoms with Gasteiger partial charge < -0.3 is 15.0 Å². The van der Waals surface area contributed by atoms with E-state index in [4.69, 9.17) is 4.74 Å². The van der Waals surface area contributed by atoms with Gasteiger partial charge in [0.1, 0.15) is 0 Å². The van der Waals surface area contributed by atoms with E-state index in [9.17, 15) is 4.79 Å². The van der Waals surface area contributed by atoms with Gasteiger partial charge in [0.15, 0.2) is 0 Å². The zero-order chi connectivity index (χ0) is 11.4. The highest BCUT2D eigenvalue weighted by Gasteiger charge is 2.35. The lowest BCUT2D eigenvalue weighted by Gasteiger charge is -2.42. The van der Waals surface area contributed by atoms with Crippen molar-refractivity contribution < 1.29 is 9.53 Å². The maximum atomic E-state index is 11.9. The fourth-order valence-electron chi connectivity index (χ4n) is 2.47. The number of ether oxygens (including phenoxy) is 1. The summed E-state index contributed by atoms with van der Waals surface area (Å²) >= 11 is 0. The first-order chi connectivity index (χ1) is 7.76. The van der Waals surface area contributed by atoms with Crippen molar-refractivity contribution in [3.8, 4) is 0 Å². The molecule has 1 N–H and O–H groups in total. The van der Waals surface area contributed by atoms with Gasteiger partial charge in [0.2, 0.25) is 0 Å². The first kappa shape index (κ1) is 11.7. The van der Waals surface area contributed by atoms with Gasteiger partial charge in [-0.3, -0.25) is 0 Å². The van der Waals surface area contributed by atoms with Gasteiger partial charge in [-0.1, -0.05) is 13.3 Å². The van der Waals surface area contributed by atoms with Crippen molar-refractivity contribution in [1.29, 1.82) is 0 Å². The van der Waals surface area contributed by atoms with Crippen molar-refractivity contribution in [2.45, 2.75) is 32.6 Å². The molecule has 2 aliphatic rings. The van der Waals surface area contributed by atoms with Crippen LogP contribution in [-0.4, -0.2) is 43.8 Å². The number of urea groups is 1. The molecule has 0 aromatic heterocycles. The maximum absolute atomic E-state index is 11.9. The second-order valence-electron chi connectivity index (χ2n) is 4.97. The van der Waals surface area contributed by atoms with Gasteiger partial charge in [0, 0.05) is 19.6 Å². The summed E-state index contributed by atoms with van der Waals surface area (Å²) in [5, 5.41) is 3.08. The zero-order valence-electron chi connectivity index (χ0n) is 10.1. The number of nitrogens with zero attached hydrogens (tertiary/aromatic N) is 1. The van der Waals surface area contributed by atoms with Gasteiger partial charge in [0.25, 0.3) is 0 Å². The Hall–Kier alpha value is -0.770. The number of hydrogen-bond donors (Lipinski definition) is 1. The Balaban J connectivity index is 1.74. The van der Waals surface area contributed by atoms with Gasteiger partial charge in [0.05, 0.1) is 13.2 Å². The number of morpholine rings is 1. The Morgan fingerprint density at radius 3 is 2.56 bits per heavy atom. The van der Waals surface area contributed by atoms with Crippen molar-refractivity contribution in [2.75, 3.05) is 32.8 Å². The number of hydrogen-bond acceptors (Lipinski definition) is 2. The maximum Gasteiger partial charge on any atom is 0.317 e. The van der Waals surface area contributed by atoms with Gasteiger partial charge in [-0.2, -0.15) is 0 Å². The summed E-state index contributed by atoms with van der Waals surface area (Å²) in [7, 11) is 0. The van der Waals surface area contributed by atoms with Crippen LogP contribution < -0.4 is 5.32 Å². The van der Waals surface area contributed by atoms with Crippen LogP contribution in [0.4, 0.5) is 4.79 Å². The average molecular weight is 226 g/mol. The second kappa shape index (κ2) is 5.04. The predicted octanol–water partition coefficient (Wildman–Crippen LogP) is 1.61. The smallest absolute Gasteiger partial charge is 0.317 e. The van der Waals surface area contributed by atoms with Crippen molar-refractivity contribution >= 4 is 6.03 Å². The summed E-state index contributed by atoms with van der Waals surface area (Å²) in [6.07, 6.45) is 5.04. The quantitative estimate of drug-likeness (QED) is 0.794. The fourth-order valence-corrected chi connectivity index (χ4v) is 2.47. The van der Waals surface area contributed by atoms with Gasteiger partial charge in [-0.15, -0.1) is 0 Å². The first-order valence-electron chi connectivity index (χ1n) is 6.36. The molecule has 16 heavy (non-hydrogen) atoms. The topological polar surface area (TPSA) is 41.6 Å². The molecule has 0 aromatic rings. The lowest BCUT2D eigenvalue weighted by atomic mass is 9.67. The third kappa shape index (κ3) is 2.48. The SMILES string of the molecule is CCC1(CNC(=O)N2CCOCC2)CCC1. The number of carbonyl (C=O) groups is 1. The molecule has 1 saturated carbocycles. The van der Waals surface area contributed by atoms with Gasteiger partial charge in [-0.25, -0.2) is 4.79 Å². The number of carbonyl (C=O) groups excluding carboxylic acids is 1. The number of amides is 2. The molecular weight excluding hydrogens is 204 g/mol. The van der Waals surface area contributed by atoms with E-state index in [-0.39, 0.29) is 6.03 Å². The Morgan fingerprint density at radius 2 is 2.06 bits per heavy atom. The fraction of sp³-hybridized carbons (Fsp3) is 0.917. The highest BCUT2D eigenvalue weighted by atomic mass is 16.5. The molecule has 1 aliphatic carbocycles. The molecule has 2 amide bonds. The Kier molecular flexibility index (Phi) is 3.69. The van der Waals surface area contributed by atoms with E-state index in [1.54, 1.807) is 0 Å². The van der Waals surface area contributed by atoms with Crippen LogP contribution in [0.1, 0.15) is 32.6 Å². The molecule has 0 atom stereocenters. The van der Waals surface area contributed by atoms with Crippen molar-refractivity contribution in [2.24, 2.45) is 5.41 Å². The molecule has 2 fully saturated rings. The molecule has 0 bridgehead atoms. The highest BCUT2D eigenvalue weighted by molar-refractivity contribution is 5.74. The third-order valence-corrected chi connectivity index (χ3v) is 4.08. The van der Waals surface area contributed by atoms with Crippen LogP contribution in [-0.2, 0) is 4.74 Å². The van der Waals surface area contributed by atoms with Gasteiger partial charge in [-0.05, 0) is 24.7 Å². The Morgan fingerprint density at radius 1 is 1.38 bits per heavy atom. The van der Waals surface area contributed by atoms with E-state index in [1.165, 1.54) is 25.7 Å². The van der Waals surface area contributed by atoms with Crippen LogP contribution in [0.3, 0.4) is 0 Å². The molecule has 0 aromatic carbocycles. The number of rotatable bonds is 3. The van der Waals surface area contributed by atoms with Crippen LogP contribution in [0.5, 0.6) is 0 Å². The molecule has 4 heteroatoms. The monoisotopic (exact) mass is 226 g/mol. The summed E-state index contributed by atoms with van der Waals surface area (Å²) < 4.78 is 5.23. The lowest BCUT2D eigenvalue weighted by molar-refractivity contribution is 0.0505. The molecule has 2 rings (SSSR count). The minimum absolute atomic E-state index is 0.0861. The van der Waals surface area contributed by atoms with Crippen LogP contribution in [0.15, 0.2) is 0 Å². The summed E-state index contributed by atoms with van der Waals surface area (Å²) in [5.74, 6) is 0. The van der Waals surface area contributed by atoms with E-state index in [2.05, 4.69) is 12.2 Å². The normalized spacial score (nSPS) is 23.7. The molecule has 0 radical (unpaired) electrons. The molecule has 92 valence electrons. The van der Waals surface area contributed by atoms with E-state index >= 15 is 0 Å². The largest absolute Gasteiger partial charge is 0.378 e. The van der Waals surface area contributed by atoms with E-state index < -0.39 is 0 Å². The molecule has 1 aliphatic heterocycles. The van der Waals surface area contributed by atoms with Crippen LogP contribution >= 0.6 is 0 Å². The molecule has 1 saturated heterocycles. The lowest BCUT2D eigenvalue weighted by Crippen LogP contribution is -2.50. The van der Waals surface area contributed by atoms with Gasteiger partial charge >= 0.3 is 6.03 Å². The van der Waals surface area contributed by atoms with Crippen molar-refractivity contribution in [3.63, 3.8) is 0 Å². The summed E-state index contributed by atoms with van der Waals surface area (Å²) in [6.45, 7) is 5.87. The minimum atomic E-state index is 0.0861. The Labute approximate surface area is 97.3 Å².